The van der Waals surface area contributed by atoms with Crippen LogP contribution in [0.1, 0.15) is 84.6 Å². The molecule has 1 unspecified atom stereocenters. The zero-order valence-electron chi connectivity index (χ0n) is 44.1. The number of anilines is 5. The van der Waals surface area contributed by atoms with Crippen LogP contribution in [-0.2, 0) is 0 Å². The molecule has 14 heteroatoms. The van der Waals surface area contributed by atoms with E-state index in [-0.39, 0.29) is 17.9 Å². The zero-order chi connectivity index (χ0) is 54.1. The first-order chi connectivity index (χ1) is 38.0. The highest BCUT2D eigenvalue weighted by molar-refractivity contribution is 6.34. The van der Waals surface area contributed by atoms with Gasteiger partial charge in [-0.2, -0.15) is 0 Å². The van der Waals surface area contributed by atoms with Gasteiger partial charge >= 0.3 is 0 Å². The van der Waals surface area contributed by atoms with Crippen LogP contribution >= 0.6 is 23.2 Å². The SMILES string of the molecule is CC1=CC2=Nc3cc(Cl)c(N)cc3N(c3ccccc3)C2C=C1NCCCCCCNC(=O)c1ccc(-c2ccc(C(=O)NCCCCCCNc3cc4c(cc3C)nc3cc(Cl)c(N)cc3[n+]4-c3ccccc3)cc2)cc1. The number of fused-ring (bicyclic) bond motifs is 4. The predicted octanol–water partition coefficient (Wildman–Crippen LogP) is 13.5. The summed E-state index contributed by atoms with van der Waals surface area (Å²) in [5, 5.41) is 14.5. The van der Waals surface area contributed by atoms with E-state index in [1.54, 1.807) is 0 Å². The second kappa shape index (κ2) is 24.4. The van der Waals surface area contributed by atoms with E-state index in [9.17, 15) is 9.59 Å². The lowest BCUT2D eigenvalue weighted by atomic mass is 9.94. The molecule has 2 aliphatic rings. The summed E-state index contributed by atoms with van der Waals surface area (Å²) in [5.41, 5.74) is 29.4. The number of nitrogens with zero attached hydrogens (tertiary/aromatic N) is 4. The Kier molecular flexibility index (Phi) is 16.7. The lowest BCUT2D eigenvalue weighted by Crippen LogP contribution is -2.41. The number of hydrogen-bond acceptors (Lipinski definition) is 9. The van der Waals surface area contributed by atoms with Gasteiger partial charge in [0.05, 0.1) is 44.5 Å². The van der Waals surface area contributed by atoms with Crippen molar-refractivity contribution in [2.24, 2.45) is 4.99 Å². The van der Waals surface area contributed by atoms with Gasteiger partial charge in [0.2, 0.25) is 16.7 Å². The molecular weight excluding hydrogens is 1010 g/mol. The van der Waals surface area contributed by atoms with Gasteiger partial charge in [0.1, 0.15) is 11.0 Å². The molecule has 0 saturated carbocycles. The standard InChI is InChI=1S/C64H64Cl2N10O2/c1-41-33-55-61(75(47-17-9-7-10-18-47)59-37-51(67)49(65)35-57(59)73-55)39-53(41)69-29-13-3-5-15-31-71-63(77)45-25-21-43(22-26-45)44-23-27-46(28-24-44)64(78)72-32-16-6-4-14-30-70-54-40-62-56(34-42(54)2)74-58-36-50(66)52(68)38-60(58)76(62)48-19-11-8-12-20-48/h7-12,17-28,33-40,61,69H,3-6,13-16,29-32,67H2,1-2H3,(H4,68,70,71,72,77,78)/p+1. The third-order valence-electron chi connectivity index (χ3n) is 14.5. The summed E-state index contributed by atoms with van der Waals surface area (Å²) >= 11 is 12.8. The van der Waals surface area contributed by atoms with Crippen molar-refractivity contribution in [1.82, 2.24) is 20.9 Å². The summed E-state index contributed by atoms with van der Waals surface area (Å²) in [7, 11) is 0. The fraction of sp³-hybridized carbons (Fsp3) is 0.234. The number of aliphatic imine (C=N–C) groups is 1. The summed E-state index contributed by atoms with van der Waals surface area (Å²) in [6, 6.07) is 47.4. The molecule has 0 fully saturated rings. The molecule has 0 saturated heterocycles. The number of benzene rings is 7. The molecule has 2 amide bonds. The van der Waals surface area contributed by atoms with Crippen molar-refractivity contribution in [2.45, 2.75) is 71.3 Å². The summed E-state index contributed by atoms with van der Waals surface area (Å²) < 4.78 is 2.19. The maximum atomic E-state index is 13.0. The average Bonchev–Trinajstić information content (AvgIpc) is 3.60. The Balaban J connectivity index is 0.613. The summed E-state index contributed by atoms with van der Waals surface area (Å²) in [5.74, 6) is -0.167. The number of aryl methyl sites for hydroxylation is 1. The molecule has 0 bridgehead atoms. The zero-order valence-corrected chi connectivity index (χ0v) is 45.6. The van der Waals surface area contributed by atoms with Gasteiger partial charge in [-0.25, -0.2) is 9.98 Å². The van der Waals surface area contributed by atoms with Crippen LogP contribution in [0.15, 0.2) is 174 Å². The molecule has 12 nitrogen and oxygen atoms in total. The van der Waals surface area contributed by atoms with E-state index in [2.05, 4.69) is 93.1 Å². The van der Waals surface area contributed by atoms with Crippen molar-refractivity contribution in [2.75, 3.05) is 47.9 Å². The van der Waals surface area contributed by atoms with Crippen LogP contribution in [0.2, 0.25) is 10.0 Å². The monoisotopic (exact) mass is 1080 g/mol. The third-order valence-corrected chi connectivity index (χ3v) is 15.2. The van der Waals surface area contributed by atoms with Crippen LogP contribution in [0.25, 0.3) is 38.9 Å². The number of para-hydroxylation sites is 2. The number of amides is 2. The molecule has 78 heavy (non-hydrogen) atoms. The molecule has 396 valence electrons. The number of rotatable bonds is 21. The minimum Gasteiger partial charge on any atom is -0.397 e. The van der Waals surface area contributed by atoms with Crippen molar-refractivity contribution in [3.05, 3.63) is 196 Å². The minimum atomic E-state index is -0.0962. The van der Waals surface area contributed by atoms with Gasteiger partial charge in [-0.3, -0.25) is 9.59 Å². The number of aromatic nitrogens is 2. The fourth-order valence-electron chi connectivity index (χ4n) is 10.3. The average molecular weight is 1080 g/mol. The number of hydrogen-bond donors (Lipinski definition) is 6. The Morgan fingerprint density at radius 2 is 1.14 bits per heavy atom. The molecule has 2 heterocycles. The molecule has 1 aliphatic heterocycles. The van der Waals surface area contributed by atoms with Crippen LogP contribution in [-0.4, -0.2) is 54.7 Å². The van der Waals surface area contributed by atoms with E-state index in [0.717, 1.165) is 149 Å². The molecule has 10 rings (SSSR count). The van der Waals surface area contributed by atoms with Crippen molar-refractivity contribution in [3.63, 3.8) is 0 Å². The summed E-state index contributed by atoms with van der Waals surface area (Å²) in [4.78, 5) is 38.3. The first-order valence-electron chi connectivity index (χ1n) is 27.0. The number of allylic oxidation sites excluding steroid dienone is 1. The molecule has 8 N–H and O–H groups in total. The second-order valence-corrected chi connectivity index (χ2v) is 20.9. The van der Waals surface area contributed by atoms with Crippen LogP contribution in [0.5, 0.6) is 0 Å². The highest BCUT2D eigenvalue weighted by Gasteiger charge is 2.33. The predicted molar refractivity (Wildman–Crippen MR) is 322 cm³/mol. The van der Waals surface area contributed by atoms with E-state index >= 15 is 0 Å². The second-order valence-electron chi connectivity index (χ2n) is 20.1. The van der Waals surface area contributed by atoms with Gasteiger partial charge in [0.15, 0.2) is 0 Å². The molecule has 8 aromatic rings. The molecule has 1 aromatic heterocycles. The molecule has 1 aliphatic carbocycles. The maximum absolute atomic E-state index is 13.0. The number of halogens is 2. The lowest BCUT2D eigenvalue weighted by molar-refractivity contribution is -0.538. The molecule has 1 atom stereocenters. The van der Waals surface area contributed by atoms with Gasteiger partial charge in [-0.05, 0) is 135 Å². The Hall–Kier alpha value is -8.19. The highest BCUT2D eigenvalue weighted by atomic mass is 35.5. The fourth-order valence-corrected chi connectivity index (χ4v) is 10.6. The van der Waals surface area contributed by atoms with Crippen LogP contribution in [0.4, 0.5) is 34.1 Å². The molecular formula is C64H65Cl2N10O2+. The van der Waals surface area contributed by atoms with Gasteiger partial charge in [0.25, 0.3) is 11.8 Å². The third kappa shape index (κ3) is 12.2. The molecule has 7 aromatic carbocycles. The number of nitrogens with one attached hydrogen (secondary N) is 4. The van der Waals surface area contributed by atoms with E-state index < -0.39 is 0 Å². The summed E-state index contributed by atoms with van der Waals surface area (Å²) in [6.45, 7) is 7.11. The topological polar surface area (TPSA) is 167 Å². The quantitative estimate of drug-likeness (QED) is 0.0179. The van der Waals surface area contributed by atoms with E-state index in [4.69, 9.17) is 44.6 Å². The number of carbonyl (C=O) groups excluding carboxylic acids is 2. The maximum Gasteiger partial charge on any atom is 0.251 e. The Bertz CT molecular complexity index is 3590. The van der Waals surface area contributed by atoms with Crippen molar-refractivity contribution < 1.29 is 14.2 Å². The van der Waals surface area contributed by atoms with E-state index in [0.29, 0.717) is 45.6 Å². The van der Waals surface area contributed by atoms with Gasteiger partial charge < -0.3 is 37.6 Å². The molecule has 0 spiro atoms. The Morgan fingerprint density at radius 1 is 0.603 bits per heavy atom. The highest BCUT2D eigenvalue weighted by Crippen LogP contribution is 2.45. The number of nitrogen functional groups attached to an aromatic ring is 2. The normalized spacial score (nSPS) is 13.8. The summed E-state index contributed by atoms with van der Waals surface area (Å²) in [6.07, 6.45) is 12.3. The first-order valence-corrected chi connectivity index (χ1v) is 27.7. The number of nitrogens with two attached hydrogens (primary N) is 2. The van der Waals surface area contributed by atoms with Gasteiger partial charge in [-0.1, -0.05) is 110 Å². The molecule has 0 radical (unpaired) electrons. The first kappa shape index (κ1) is 53.2. The Labute approximate surface area is 466 Å². The van der Waals surface area contributed by atoms with Crippen molar-refractivity contribution in [1.29, 1.82) is 0 Å². The largest absolute Gasteiger partial charge is 0.397 e. The number of unbranched alkanes of at least 4 members (excludes halogenated alkanes) is 6. The van der Waals surface area contributed by atoms with Crippen LogP contribution in [0.3, 0.4) is 0 Å². The minimum absolute atomic E-state index is 0.0825. The Morgan fingerprint density at radius 3 is 1.77 bits per heavy atom. The number of carbonyl (C=O) groups is 2. The lowest BCUT2D eigenvalue weighted by Gasteiger charge is -2.38. The van der Waals surface area contributed by atoms with E-state index in [1.165, 1.54) is 0 Å². The van der Waals surface area contributed by atoms with Crippen molar-refractivity contribution >= 4 is 96.9 Å². The van der Waals surface area contributed by atoms with Crippen molar-refractivity contribution in [3.8, 4) is 16.8 Å². The smallest absolute Gasteiger partial charge is 0.251 e. The van der Waals surface area contributed by atoms with Gasteiger partial charge in [0, 0.05) is 78.6 Å². The van der Waals surface area contributed by atoms with Crippen LogP contribution < -0.4 is 42.2 Å². The van der Waals surface area contributed by atoms with E-state index in [1.807, 2.05) is 109 Å². The van der Waals surface area contributed by atoms with Crippen LogP contribution in [0, 0.1) is 6.92 Å². The van der Waals surface area contributed by atoms with Gasteiger partial charge in [-0.15, -0.1) is 4.57 Å².